The Balaban J connectivity index is 1.97. The Bertz CT molecular complexity index is 1350. The summed E-state index contributed by atoms with van der Waals surface area (Å²) in [6, 6.07) is 10.4. The van der Waals surface area contributed by atoms with Gasteiger partial charge in [0, 0.05) is 16.7 Å². The number of aromatic amines is 1. The highest BCUT2D eigenvalue weighted by molar-refractivity contribution is 5.99. The van der Waals surface area contributed by atoms with Crippen LogP contribution in [0.5, 0.6) is 11.5 Å². The molecule has 0 aliphatic rings. The van der Waals surface area contributed by atoms with E-state index in [9.17, 15) is 24.5 Å². The van der Waals surface area contributed by atoms with Crippen molar-refractivity contribution in [1.82, 2.24) is 9.97 Å². The number of H-pyrrole nitrogens is 1. The van der Waals surface area contributed by atoms with Gasteiger partial charge < -0.3 is 26.0 Å². The zero-order valence-electron chi connectivity index (χ0n) is 15.3. The van der Waals surface area contributed by atoms with Crippen molar-refractivity contribution in [2.24, 2.45) is 5.73 Å². The number of benzene rings is 3. The number of imidazole rings is 1. The van der Waals surface area contributed by atoms with Crippen LogP contribution in [0.3, 0.4) is 0 Å². The maximum atomic E-state index is 13.7. The summed E-state index contributed by atoms with van der Waals surface area (Å²) in [4.78, 5) is 19.0. The minimum atomic E-state index is -1.27. The molecule has 0 saturated carbocycles. The number of phenols is 2. The van der Waals surface area contributed by atoms with E-state index in [0.29, 0.717) is 16.6 Å². The third kappa shape index (κ3) is 3.18. The first-order chi connectivity index (χ1) is 14.2. The van der Waals surface area contributed by atoms with Crippen LogP contribution in [-0.2, 0) is 0 Å². The van der Waals surface area contributed by atoms with Crippen LogP contribution in [0.25, 0.3) is 33.5 Å². The smallest absolute Gasteiger partial charge is 0.335 e. The molecule has 0 spiro atoms. The van der Waals surface area contributed by atoms with Crippen molar-refractivity contribution in [3.05, 3.63) is 65.5 Å². The second kappa shape index (κ2) is 6.89. The fourth-order valence-electron chi connectivity index (χ4n) is 3.17. The van der Waals surface area contributed by atoms with Gasteiger partial charge in [-0.2, -0.15) is 0 Å². The highest BCUT2D eigenvalue weighted by atomic mass is 19.1. The van der Waals surface area contributed by atoms with Crippen molar-refractivity contribution in [1.29, 1.82) is 5.41 Å². The number of nitrogens with zero attached hydrogens (tertiary/aromatic N) is 1. The lowest BCUT2D eigenvalue weighted by molar-refractivity contribution is 0.0697. The summed E-state index contributed by atoms with van der Waals surface area (Å²) in [5.41, 5.74) is 6.73. The third-order valence-corrected chi connectivity index (χ3v) is 4.65. The molecule has 0 amide bonds. The lowest BCUT2D eigenvalue weighted by Gasteiger charge is -2.12. The molecule has 4 aromatic rings. The minimum Gasteiger partial charge on any atom is -0.507 e. The lowest BCUT2D eigenvalue weighted by atomic mass is 9.97. The fourth-order valence-corrected chi connectivity index (χ4v) is 3.17. The number of carbonyl (C=O) groups is 1. The number of carboxylic acid groups (broad SMARTS) is 1. The molecule has 9 heteroatoms. The molecule has 0 aliphatic heterocycles. The summed E-state index contributed by atoms with van der Waals surface area (Å²) in [5.74, 6) is -2.62. The van der Waals surface area contributed by atoms with Gasteiger partial charge in [-0.1, -0.05) is 0 Å². The number of fused-ring (bicyclic) bond motifs is 1. The molecular weight excluding hydrogens is 391 g/mol. The van der Waals surface area contributed by atoms with Crippen LogP contribution < -0.4 is 5.73 Å². The SMILES string of the molecule is N=C(N)c1ccc2nc(-c3cc(C(=O)O)cc(-c4cc(F)ccc4O)c3O)[nH]c2c1. The molecule has 0 fully saturated rings. The molecular formula is C21H15FN4O4. The Morgan fingerprint density at radius 1 is 1.00 bits per heavy atom. The Morgan fingerprint density at radius 2 is 1.73 bits per heavy atom. The molecule has 8 nitrogen and oxygen atoms in total. The summed E-state index contributed by atoms with van der Waals surface area (Å²) in [7, 11) is 0. The van der Waals surface area contributed by atoms with Gasteiger partial charge >= 0.3 is 5.97 Å². The summed E-state index contributed by atoms with van der Waals surface area (Å²) in [6.45, 7) is 0. The van der Waals surface area contributed by atoms with Gasteiger partial charge in [0.05, 0.1) is 22.2 Å². The van der Waals surface area contributed by atoms with E-state index < -0.39 is 11.8 Å². The average molecular weight is 406 g/mol. The average Bonchev–Trinajstić information content (AvgIpc) is 3.13. The van der Waals surface area contributed by atoms with E-state index in [1.54, 1.807) is 18.2 Å². The number of aromatic nitrogens is 2. The van der Waals surface area contributed by atoms with Crippen molar-refractivity contribution in [3.63, 3.8) is 0 Å². The van der Waals surface area contributed by atoms with E-state index in [-0.39, 0.29) is 45.4 Å². The normalized spacial score (nSPS) is 11.0. The first-order valence-electron chi connectivity index (χ1n) is 8.68. The quantitative estimate of drug-likeness (QED) is 0.225. The van der Waals surface area contributed by atoms with Gasteiger partial charge in [-0.25, -0.2) is 14.2 Å². The zero-order chi connectivity index (χ0) is 21.6. The van der Waals surface area contributed by atoms with E-state index in [1.165, 1.54) is 6.07 Å². The zero-order valence-corrected chi connectivity index (χ0v) is 15.3. The molecule has 0 atom stereocenters. The number of hydrogen-bond donors (Lipinski definition) is 6. The van der Waals surface area contributed by atoms with E-state index in [1.807, 2.05) is 0 Å². The lowest BCUT2D eigenvalue weighted by Crippen LogP contribution is -2.10. The molecule has 30 heavy (non-hydrogen) atoms. The predicted octanol–water partition coefficient (Wildman–Crippen LogP) is 3.43. The summed E-state index contributed by atoms with van der Waals surface area (Å²) < 4.78 is 13.7. The van der Waals surface area contributed by atoms with Gasteiger partial charge in [-0.15, -0.1) is 0 Å². The Hall–Kier alpha value is -4.40. The van der Waals surface area contributed by atoms with Crippen LogP contribution in [0.2, 0.25) is 0 Å². The largest absolute Gasteiger partial charge is 0.507 e. The molecule has 0 unspecified atom stereocenters. The van der Waals surface area contributed by atoms with Crippen molar-refractivity contribution >= 4 is 22.8 Å². The van der Waals surface area contributed by atoms with Crippen LogP contribution in [-0.4, -0.2) is 37.1 Å². The monoisotopic (exact) mass is 406 g/mol. The van der Waals surface area contributed by atoms with E-state index in [2.05, 4.69) is 9.97 Å². The number of halogens is 1. The Kier molecular flexibility index (Phi) is 4.35. The van der Waals surface area contributed by atoms with Crippen molar-refractivity contribution < 1.29 is 24.5 Å². The molecule has 0 aliphatic carbocycles. The third-order valence-electron chi connectivity index (χ3n) is 4.65. The van der Waals surface area contributed by atoms with Crippen molar-refractivity contribution in [2.45, 2.75) is 0 Å². The van der Waals surface area contributed by atoms with Gasteiger partial charge in [0.1, 0.15) is 29.0 Å². The predicted molar refractivity (Wildman–Crippen MR) is 108 cm³/mol. The first-order valence-corrected chi connectivity index (χ1v) is 8.68. The molecule has 0 bridgehead atoms. The standard InChI is InChI=1S/C21H15FN4O4/c22-11-2-4-17(27)12(8-11)13-5-10(21(29)30)6-14(18(13)28)20-25-15-3-1-9(19(23)24)7-16(15)26-20/h1-8,27-28H,(H3,23,24)(H,25,26)(H,29,30). The number of aromatic hydroxyl groups is 2. The number of hydrogen-bond acceptors (Lipinski definition) is 5. The van der Waals surface area contributed by atoms with E-state index >= 15 is 0 Å². The number of aromatic carboxylic acids is 1. The number of carboxylic acids is 1. The molecule has 7 N–H and O–H groups in total. The van der Waals surface area contributed by atoms with Gasteiger partial charge in [-0.05, 0) is 48.5 Å². The van der Waals surface area contributed by atoms with Crippen LogP contribution in [0.1, 0.15) is 15.9 Å². The van der Waals surface area contributed by atoms with E-state index in [0.717, 1.165) is 24.3 Å². The van der Waals surface area contributed by atoms with Crippen LogP contribution in [0, 0.1) is 11.2 Å². The van der Waals surface area contributed by atoms with Crippen molar-refractivity contribution in [2.75, 3.05) is 0 Å². The Labute approximate surface area is 168 Å². The second-order valence-electron chi connectivity index (χ2n) is 6.62. The van der Waals surface area contributed by atoms with Gasteiger partial charge in [0.2, 0.25) is 0 Å². The number of nitrogens with one attached hydrogen (secondary N) is 2. The maximum absolute atomic E-state index is 13.7. The molecule has 150 valence electrons. The van der Waals surface area contributed by atoms with Gasteiger partial charge in [0.15, 0.2) is 0 Å². The summed E-state index contributed by atoms with van der Waals surface area (Å²) in [6.07, 6.45) is 0. The molecule has 3 aromatic carbocycles. The summed E-state index contributed by atoms with van der Waals surface area (Å²) in [5, 5.41) is 38.0. The molecule has 1 aromatic heterocycles. The van der Waals surface area contributed by atoms with E-state index in [4.69, 9.17) is 11.1 Å². The fraction of sp³-hybridized carbons (Fsp3) is 0. The number of nitrogens with two attached hydrogens (primary N) is 1. The minimum absolute atomic E-state index is 0.0501. The first kappa shape index (κ1) is 18.9. The molecule has 0 radical (unpaired) electrons. The number of phenolic OH excluding ortho intramolecular Hbond substituents is 2. The number of amidine groups is 1. The molecule has 0 saturated heterocycles. The topological polar surface area (TPSA) is 156 Å². The van der Waals surface area contributed by atoms with Crippen LogP contribution in [0.4, 0.5) is 4.39 Å². The van der Waals surface area contributed by atoms with Crippen LogP contribution >= 0.6 is 0 Å². The van der Waals surface area contributed by atoms with Crippen molar-refractivity contribution in [3.8, 4) is 34.0 Å². The second-order valence-corrected chi connectivity index (χ2v) is 6.62. The Morgan fingerprint density at radius 3 is 2.43 bits per heavy atom. The maximum Gasteiger partial charge on any atom is 0.335 e. The molecule has 4 rings (SSSR count). The number of nitrogen functional groups attached to an aromatic ring is 1. The molecule has 1 heterocycles. The highest BCUT2D eigenvalue weighted by Gasteiger charge is 2.21. The van der Waals surface area contributed by atoms with Gasteiger partial charge in [-0.3, -0.25) is 5.41 Å². The van der Waals surface area contributed by atoms with Gasteiger partial charge in [0.25, 0.3) is 0 Å². The van der Waals surface area contributed by atoms with Crippen LogP contribution in [0.15, 0.2) is 48.5 Å². The number of rotatable bonds is 4. The summed E-state index contributed by atoms with van der Waals surface area (Å²) >= 11 is 0. The highest BCUT2D eigenvalue weighted by Crippen LogP contribution is 2.42.